The summed E-state index contributed by atoms with van der Waals surface area (Å²) in [6, 6.07) is 8.52. The van der Waals surface area contributed by atoms with E-state index < -0.39 is 10.0 Å². The van der Waals surface area contributed by atoms with Crippen LogP contribution in [0.5, 0.6) is 0 Å². The van der Waals surface area contributed by atoms with Crippen molar-refractivity contribution in [2.45, 2.75) is 36.1 Å². The standard InChI is InChI=1S/C15H20N6O2S2/c1-4-20(5-2)25(22,23)13-8-6-7-12(9-13)14-18-19-15(21(14)17)24-11(3)10-16/h6-9,11H,4-5,17H2,1-3H3/t11-/m0/s1. The van der Waals surface area contributed by atoms with Gasteiger partial charge in [-0.3, -0.25) is 0 Å². The number of aromatic nitrogens is 3. The quantitative estimate of drug-likeness (QED) is 0.573. The summed E-state index contributed by atoms with van der Waals surface area (Å²) in [5.41, 5.74) is 0.541. The molecule has 1 aromatic carbocycles. The fraction of sp³-hybridized carbons (Fsp3) is 0.400. The first kappa shape index (κ1) is 19.2. The van der Waals surface area contributed by atoms with Crippen LogP contribution in [0.4, 0.5) is 0 Å². The van der Waals surface area contributed by atoms with E-state index in [1.807, 2.05) is 0 Å². The SMILES string of the molecule is CCN(CC)S(=O)(=O)c1cccc(-c2nnc(S[C@@H](C)C#N)n2N)c1. The summed E-state index contributed by atoms with van der Waals surface area (Å²) in [4.78, 5) is 0.177. The molecule has 0 saturated carbocycles. The molecule has 1 heterocycles. The fourth-order valence-electron chi connectivity index (χ4n) is 2.25. The third-order valence-electron chi connectivity index (χ3n) is 3.56. The van der Waals surface area contributed by atoms with Gasteiger partial charge in [0.25, 0.3) is 0 Å². The van der Waals surface area contributed by atoms with E-state index in [2.05, 4.69) is 16.3 Å². The van der Waals surface area contributed by atoms with Crippen molar-refractivity contribution in [2.75, 3.05) is 18.9 Å². The van der Waals surface area contributed by atoms with Crippen molar-refractivity contribution < 1.29 is 8.42 Å². The van der Waals surface area contributed by atoms with Crippen LogP contribution >= 0.6 is 11.8 Å². The third kappa shape index (κ3) is 3.95. The summed E-state index contributed by atoms with van der Waals surface area (Å²) < 4.78 is 28.0. The maximum absolute atomic E-state index is 12.7. The molecular weight excluding hydrogens is 360 g/mol. The molecule has 2 rings (SSSR count). The maximum Gasteiger partial charge on any atom is 0.243 e. The largest absolute Gasteiger partial charge is 0.335 e. The molecule has 1 aromatic heterocycles. The normalized spacial score (nSPS) is 12.9. The monoisotopic (exact) mass is 380 g/mol. The molecule has 10 heteroatoms. The number of nitriles is 1. The summed E-state index contributed by atoms with van der Waals surface area (Å²) >= 11 is 1.18. The van der Waals surface area contributed by atoms with Gasteiger partial charge in [0.05, 0.1) is 16.2 Å². The second-order valence-electron chi connectivity index (χ2n) is 5.18. The molecule has 0 fully saturated rings. The molecule has 0 aliphatic heterocycles. The van der Waals surface area contributed by atoms with Gasteiger partial charge < -0.3 is 5.84 Å². The molecule has 0 aliphatic carbocycles. The minimum Gasteiger partial charge on any atom is -0.335 e. The first-order valence-electron chi connectivity index (χ1n) is 7.72. The lowest BCUT2D eigenvalue weighted by Crippen LogP contribution is -2.30. The van der Waals surface area contributed by atoms with E-state index in [4.69, 9.17) is 11.1 Å². The van der Waals surface area contributed by atoms with Gasteiger partial charge in [0.15, 0.2) is 5.82 Å². The molecular formula is C15H20N6O2S2. The minimum absolute atomic E-state index is 0.177. The Morgan fingerprint density at radius 2 is 2.04 bits per heavy atom. The second-order valence-corrected chi connectivity index (χ2v) is 8.43. The lowest BCUT2D eigenvalue weighted by molar-refractivity contribution is 0.445. The number of benzene rings is 1. The van der Waals surface area contributed by atoms with Crippen molar-refractivity contribution in [3.05, 3.63) is 24.3 Å². The van der Waals surface area contributed by atoms with Crippen LogP contribution in [0.25, 0.3) is 11.4 Å². The van der Waals surface area contributed by atoms with E-state index >= 15 is 0 Å². The average Bonchev–Trinajstić information content (AvgIpc) is 2.96. The highest BCUT2D eigenvalue weighted by Crippen LogP contribution is 2.26. The molecule has 2 N–H and O–H groups in total. The molecule has 134 valence electrons. The van der Waals surface area contributed by atoms with Crippen molar-refractivity contribution in [3.63, 3.8) is 0 Å². The number of sulfonamides is 1. The molecule has 25 heavy (non-hydrogen) atoms. The van der Waals surface area contributed by atoms with E-state index in [0.29, 0.717) is 29.6 Å². The smallest absolute Gasteiger partial charge is 0.243 e. The first-order valence-corrected chi connectivity index (χ1v) is 10.0. The Morgan fingerprint density at radius 1 is 1.36 bits per heavy atom. The average molecular weight is 380 g/mol. The zero-order chi connectivity index (χ0) is 18.6. The Labute approximate surface area is 151 Å². The van der Waals surface area contributed by atoms with E-state index in [1.54, 1.807) is 39.0 Å². The highest BCUT2D eigenvalue weighted by molar-refractivity contribution is 8.00. The molecule has 0 aliphatic rings. The number of hydrogen-bond donors (Lipinski definition) is 1. The summed E-state index contributed by atoms with van der Waals surface area (Å²) in [7, 11) is -3.57. The van der Waals surface area contributed by atoms with Crippen molar-refractivity contribution in [1.82, 2.24) is 19.2 Å². The molecule has 0 bridgehead atoms. The Morgan fingerprint density at radius 3 is 2.64 bits per heavy atom. The lowest BCUT2D eigenvalue weighted by atomic mass is 10.2. The Balaban J connectivity index is 2.42. The number of rotatable bonds is 7. The molecule has 0 radical (unpaired) electrons. The highest BCUT2D eigenvalue weighted by atomic mass is 32.2. The Bertz CT molecular complexity index is 884. The third-order valence-corrected chi connectivity index (χ3v) is 6.56. The molecule has 0 unspecified atom stereocenters. The van der Waals surface area contributed by atoms with Crippen LogP contribution in [0.3, 0.4) is 0 Å². The highest BCUT2D eigenvalue weighted by Gasteiger charge is 2.23. The summed E-state index contributed by atoms with van der Waals surface area (Å²) in [6.07, 6.45) is 0. The number of hydrogen-bond acceptors (Lipinski definition) is 7. The van der Waals surface area contributed by atoms with Gasteiger partial charge in [-0.05, 0) is 19.1 Å². The molecule has 8 nitrogen and oxygen atoms in total. The van der Waals surface area contributed by atoms with E-state index in [9.17, 15) is 8.42 Å². The predicted molar refractivity (Wildman–Crippen MR) is 96.6 cm³/mol. The van der Waals surface area contributed by atoms with Gasteiger partial charge in [0.1, 0.15) is 0 Å². The zero-order valence-electron chi connectivity index (χ0n) is 14.2. The maximum atomic E-state index is 12.7. The van der Waals surface area contributed by atoms with Crippen molar-refractivity contribution in [2.24, 2.45) is 0 Å². The molecule has 0 amide bonds. The molecule has 0 spiro atoms. The van der Waals surface area contributed by atoms with Crippen LogP contribution in [-0.4, -0.2) is 45.9 Å². The fourth-order valence-corrected chi connectivity index (χ4v) is 4.41. The van der Waals surface area contributed by atoms with E-state index in [0.717, 1.165) is 0 Å². The summed E-state index contributed by atoms with van der Waals surface area (Å²) in [6.45, 7) is 6.10. The van der Waals surface area contributed by atoms with Gasteiger partial charge in [-0.1, -0.05) is 37.7 Å². The number of nitrogen functional groups attached to an aromatic ring is 1. The predicted octanol–water partition coefficient (Wildman–Crippen LogP) is 1.69. The Kier molecular flexibility index (Phi) is 6.05. The lowest BCUT2D eigenvalue weighted by Gasteiger charge is -2.18. The number of nitrogens with two attached hydrogens (primary N) is 1. The van der Waals surface area contributed by atoms with Crippen LogP contribution in [0.15, 0.2) is 34.3 Å². The van der Waals surface area contributed by atoms with Crippen LogP contribution in [0.1, 0.15) is 20.8 Å². The van der Waals surface area contributed by atoms with E-state index in [1.165, 1.54) is 26.8 Å². The van der Waals surface area contributed by atoms with E-state index in [-0.39, 0.29) is 10.1 Å². The van der Waals surface area contributed by atoms with Gasteiger partial charge >= 0.3 is 0 Å². The second kappa shape index (κ2) is 7.86. The van der Waals surface area contributed by atoms with Gasteiger partial charge in [-0.25, -0.2) is 13.1 Å². The van der Waals surface area contributed by atoms with Crippen molar-refractivity contribution >= 4 is 21.8 Å². The van der Waals surface area contributed by atoms with Crippen LogP contribution in [0, 0.1) is 11.3 Å². The van der Waals surface area contributed by atoms with Gasteiger partial charge in [0.2, 0.25) is 15.2 Å². The van der Waals surface area contributed by atoms with Gasteiger partial charge in [-0.2, -0.15) is 9.57 Å². The minimum atomic E-state index is -3.57. The van der Waals surface area contributed by atoms with Crippen molar-refractivity contribution in [3.8, 4) is 17.5 Å². The van der Waals surface area contributed by atoms with Crippen LogP contribution in [-0.2, 0) is 10.0 Å². The van der Waals surface area contributed by atoms with Crippen LogP contribution in [0.2, 0.25) is 0 Å². The molecule has 2 aromatic rings. The molecule has 1 atom stereocenters. The number of thioether (sulfide) groups is 1. The summed E-state index contributed by atoms with van der Waals surface area (Å²) in [5.74, 6) is 6.35. The van der Waals surface area contributed by atoms with Gasteiger partial charge in [-0.15, -0.1) is 10.2 Å². The zero-order valence-corrected chi connectivity index (χ0v) is 15.9. The van der Waals surface area contributed by atoms with Crippen LogP contribution < -0.4 is 5.84 Å². The molecule has 0 saturated heterocycles. The summed E-state index contributed by atoms with van der Waals surface area (Å²) in [5, 5.41) is 17.0. The Hall–Kier alpha value is -2.09. The van der Waals surface area contributed by atoms with Crippen molar-refractivity contribution in [1.29, 1.82) is 5.26 Å². The van der Waals surface area contributed by atoms with Gasteiger partial charge in [0, 0.05) is 18.7 Å². The number of nitrogens with zero attached hydrogens (tertiary/aromatic N) is 5. The first-order chi connectivity index (χ1) is 11.8. The topological polar surface area (TPSA) is 118 Å².